The molecule has 2 N–H and O–H groups in total. The zero-order chi connectivity index (χ0) is 24.0. The molecule has 0 heterocycles. The molecule has 7 nitrogen and oxygen atoms in total. The van der Waals surface area contributed by atoms with Gasteiger partial charge >= 0.3 is 17.8 Å². The third kappa shape index (κ3) is 6.94. The average molecular weight is 525 g/mol. The summed E-state index contributed by atoms with van der Waals surface area (Å²) in [5.74, 6) is -2.35. The van der Waals surface area contributed by atoms with Gasteiger partial charge < -0.3 is 10.1 Å². The lowest BCUT2D eigenvalue weighted by Crippen LogP contribution is -2.32. The summed E-state index contributed by atoms with van der Waals surface area (Å²) in [6.07, 6.45) is 1.30. The quantitative estimate of drug-likeness (QED) is 0.149. The Morgan fingerprint density at radius 3 is 2.15 bits per heavy atom. The number of halogens is 4. The van der Waals surface area contributed by atoms with E-state index in [2.05, 4.69) is 15.8 Å². The van der Waals surface area contributed by atoms with Crippen molar-refractivity contribution >= 4 is 76.1 Å². The molecule has 0 aliphatic carbocycles. The van der Waals surface area contributed by atoms with Crippen LogP contribution in [0.2, 0.25) is 20.1 Å². The van der Waals surface area contributed by atoms with Gasteiger partial charge in [0.15, 0.2) is 0 Å². The van der Waals surface area contributed by atoms with Gasteiger partial charge in [-0.1, -0.05) is 46.4 Å². The van der Waals surface area contributed by atoms with E-state index in [0.717, 1.165) is 0 Å². The van der Waals surface area contributed by atoms with Gasteiger partial charge in [0.05, 0.1) is 27.5 Å². The van der Waals surface area contributed by atoms with Crippen LogP contribution in [0.4, 0.5) is 5.69 Å². The van der Waals surface area contributed by atoms with Gasteiger partial charge in [-0.25, -0.2) is 10.2 Å². The topological polar surface area (TPSA) is 96.9 Å². The summed E-state index contributed by atoms with van der Waals surface area (Å²) in [6.45, 7) is 0. The van der Waals surface area contributed by atoms with E-state index in [4.69, 9.17) is 51.1 Å². The van der Waals surface area contributed by atoms with Crippen LogP contribution in [0.15, 0.2) is 65.8 Å². The van der Waals surface area contributed by atoms with Crippen LogP contribution in [0.1, 0.15) is 15.9 Å². The first kappa shape index (κ1) is 24.5. The number of nitrogens with one attached hydrogen (secondary N) is 2. The predicted molar refractivity (Wildman–Crippen MR) is 129 cm³/mol. The second kappa shape index (κ2) is 11.2. The van der Waals surface area contributed by atoms with Gasteiger partial charge in [0.2, 0.25) is 0 Å². The maximum atomic E-state index is 12.2. The third-order valence-corrected chi connectivity index (χ3v) is 5.12. The zero-order valence-electron chi connectivity index (χ0n) is 16.4. The van der Waals surface area contributed by atoms with Gasteiger partial charge in [-0.2, -0.15) is 5.10 Å². The van der Waals surface area contributed by atoms with E-state index in [1.165, 1.54) is 48.7 Å². The lowest BCUT2D eigenvalue weighted by molar-refractivity contribution is -0.136. The Balaban J connectivity index is 1.54. The van der Waals surface area contributed by atoms with E-state index in [1.54, 1.807) is 18.2 Å². The van der Waals surface area contributed by atoms with Crippen LogP contribution in [0.3, 0.4) is 0 Å². The van der Waals surface area contributed by atoms with Crippen molar-refractivity contribution in [2.75, 3.05) is 5.32 Å². The summed E-state index contributed by atoms with van der Waals surface area (Å²) in [5, 5.41) is 7.21. The molecule has 0 aliphatic rings. The lowest BCUT2D eigenvalue weighted by Gasteiger charge is -2.07. The molecule has 0 saturated carbocycles. The zero-order valence-corrected chi connectivity index (χ0v) is 19.5. The van der Waals surface area contributed by atoms with Gasteiger partial charge in [-0.05, 0) is 66.2 Å². The molecule has 3 aromatic rings. The molecule has 33 heavy (non-hydrogen) atoms. The number of amides is 2. The number of ether oxygens (including phenoxy) is 1. The van der Waals surface area contributed by atoms with Crippen LogP contribution in [0.5, 0.6) is 5.75 Å². The SMILES string of the molecule is O=C(N/N=C\c1ccc(OC(=O)c2ccc(Cl)cc2Cl)cc1)C(=O)Nc1cc(Cl)ccc1Cl. The highest BCUT2D eigenvalue weighted by molar-refractivity contribution is 6.42. The number of benzene rings is 3. The maximum Gasteiger partial charge on any atom is 0.345 e. The Morgan fingerprint density at radius 1 is 0.788 bits per heavy atom. The number of hydrogen-bond acceptors (Lipinski definition) is 5. The molecule has 2 amide bonds. The fourth-order valence-corrected chi connectivity index (χ4v) is 3.25. The lowest BCUT2D eigenvalue weighted by atomic mass is 10.2. The number of hydrogen-bond donors (Lipinski definition) is 2. The molecule has 3 rings (SSSR count). The van der Waals surface area contributed by atoms with Crippen LogP contribution in [0.25, 0.3) is 0 Å². The van der Waals surface area contributed by atoms with Crippen molar-refractivity contribution in [2.24, 2.45) is 5.10 Å². The number of rotatable bonds is 5. The first-order valence-corrected chi connectivity index (χ1v) is 10.6. The van der Waals surface area contributed by atoms with Crippen molar-refractivity contribution < 1.29 is 19.1 Å². The summed E-state index contributed by atoms with van der Waals surface area (Å²) >= 11 is 23.6. The monoisotopic (exact) mass is 523 g/mol. The molecular weight excluding hydrogens is 512 g/mol. The van der Waals surface area contributed by atoms with Gasteiger partial charge in [-0.3, -0.25) is 9.59 Å². The number of esters is 1. The van der Waals surface area contributed by atoms with Crippen LogP contribution >= 0.6 is 46.4 Å². The van der Waals surface area contributed by atoms with Crippen molar-refractivity contribution in [1.82, 2.24) is 5.43 Å². The van der Waals surface area contributed by atoms with Gasteiger partial charge in [-0.15, -0.1) is 0 Å². The van der Waals surface area contributed by atoms with E-state index in [0.29, 0.717) is 15.6 Å². The molecule has 3 aromatic carbocycles. The molecule has 0 aromatic heterocycles. The van der Waals surface area contributed by atoms with Gasteiger partial charge in [0, 0.05) is 10.0 Å². The fourth-order valence-electron chi connectivity index (χ4n) is 2.43. The molecule has 0 spiro atoms. The molecule has 0 atom stereocenters. The Hall–Kier alpha value is -3.10. The van der Waals surface area contributed by atoms with Crippen LogP contribution in [-0.4, -0.2) is 24.0 Å². The number of carbonyl (C=O) groups excluding carboxylic acids is 3. The third-order valence-electron chi connectivity index (χ3n) is 4.00. The maximum absolute atomic E-state index is 12.2. The smallest absolute Gasteiger partial charge is 0.345 e. The van der Waals surface area contributed by atoms with Crippen LogP contribution < -0.4 is 15.5 Å². The van der Waals surface area contributed by atoms with Crippen LogP contribution in [-0.2, 0) is 9.59 Å². The molecule has 0 saturated heterocycles. The summed E-state index contributed by atoms with van der Waals surface area (Å²) in [6, 6.07) is 15.1. The standard InChI is InChI=1S/C22H13Cl4N3O4/c23-13-3-7-16(18(26)9-13)22(32)33-15-5-1-12(2-6-15)11-27-29-21(31)20(30)28-19-10-14(24)4-8-17(19)25/h1-11H,(H,28,30)(H,29,31)/b27-11-. The molecule has 0 aliphatic heterocycles. The normalized spacial score (nSPS) is 10.7. The Morgan fingerprint density at radius 2 is 1.45 bits per heavy atom. The Labute approximate surface area is 208 Å². The number of anilines is 1. The van der Waals surface area contributed by atoms with Crippen LogP contribution in [0, 0.1) is 0 Å². The van der Waals surface area contributed by atoms with E-state index in [9.17, 15) is 14.4 Å². The highest BCUT2D eigenvalue weighted by Crippen LogP contribution is 2.25. The molecular formula is C22H13Cl4N3O4. The molecule has 0 bridgehead atoms. The van der Waals surface area contributed by atoms with Crippen molar-refractivity contribution in [3.05, 3.63) is 91.9 Å². The number of nitrogens with zero attached hydrogens (tertiary/aromatic N) is 1. The van der Waals surface area contributed by atoms with Crippen molar-refractivity contribution in [1.29, 1.82) is 0 Å². The van der Waals surface area contributed by atoms with Crippen molar-refractivity contribution in [3.8, 4) is 5.75 Å². The molecule has 0 fully saturated rings. The molecule has 0 unspecified atom stereocenters. The molecule has 0 radical (unpaired) electrons. The summed E-state index contributed by atoms with van der Waals surface area (Å²) in [4.78, 5) is 36.1. The fraction of sp³-hybridized carbons (Fsp3) is 0. The summed E-state index contributed by atoms with van der Waals surface area (Å²) < 4.78 is 5.27. The minimum absolute atomic E-state index is 0.173. The highest BCUT2D eigenvalue weighted by atomic mass is 35.5. The first-order chi connectivity index (χ1) is 15.7. The minimum atomic E-state index is -1.01. The van der Waals surface area contributed by atoms with Gasteiger partial charge in [0.1, 0.15) is 5.75 Å². The Bertz CT molecular complexity index is 1250. The van der Waals surface area contributed by atoms with Crippen molar-refractivity contribution in [3.63, 3.8) is 0 Å². The summed E-state index contributed by atoms with van der Waals surface area (Å²) in [7, 11) is 0. The predicted octanol–water partition coefficient (Wildman–Crippen LogP) is 5.61. The number of hydrazone groups is 1. The van der Waals surface area contributed by atoms with E-state index in [-0.39, 0.29) is 27.0 Å². The molecule has 168 valence electrons. The number of carbonyl (C=O) groups is 3. The largest absolute Gasteiger partial charge is 0.423 e. The first-order valence-electron chi connectivity index (χ1n) is 9.09. The second-order valence-electron chi connectivity index (χ2n) is 6.36. The van der Waals surface area contributed by atoms with E-state index < -0.39 is 17.8 Å². The second-order valence-corrected chi connectivity index (χ2v) is 8.05. The van der Waals surface area contributed by atoms with E-state index >= 15 is 0 Å². The van der Waals surface area contributed by atoms with Gasteiger partial charge in [0.25, 0.3) is 0 Å². The minimum Gasteiger partial charge on any atom is -0.423 e. The molecule has 11 heteroatoms. The average Bonchev–Trinajstić information content (AvgIpc) is 2.77. The summed E-state index contributed by atoms with van der Waals surface area (Å²) in [5.41, 5.74) is 3.03. The van der Waals surface area contributed by atoms with E-state index in [1.807, 2.05) is 0 Å². The highest BCUT2D eigenvalue weighted by Gasteiger charge is 2.15. The van der Waals surface area contributed by atoms with Crippen molar-refractivity contribution in [2.45, 2.75) is 0 Å². The Kier molecular flexibility index (Phi) is 8.30.